The van der Waals surface area contributed by atoms with Crippen LogP contribution in [0.5, 0.6) is 0 Å². The molecule has 1 aliphatic carbocycles. The Morgan fingerprint density at radius 2 is 1.71 bits per heavy atom. The van der Waals surface area contributed by atoms with Gasteiger partial charge in [0.15, 0.2) is 9.84 Å². The van der Waals surface area contributed by atoms with E-state index in [1.165, 1.54) is 6.26 Å². The van der Waals surface area contributed by atoms with Crippen molar-refractivity contribution < 1.29 is 8.42 Å². The molecule has 0 spiro atoms. The molecule has 94 valence electrons. The Kier molecular flexibility index (Phi) is 3.01. The summed E-state index contributed by atoms with van der Waals surface area (Å²) in [6.07, 6.45) is 1.26. The van der Waals surface area contributed by atoms with Gasteiger partial charge in [0.2, 0.25) is 0 Å². The maximum Gasteiger partial charge on any atom is 0.151 e. The van der Waals surface area contributed by atoms with Gasteiger partial charge in [-0.05, 0) is 5.56 Å². The molecule has 1 aliphatic rings. The van der Waals surface area contributed by atoms with E-state index in [1.54, 1.807) is 0 Å². The topological polar surface area (TPSA) is 86.2 Å². The Labute approximate surface area is 102 Å². The lowest BCUT2D eigenvalue weighted by Gasteiger charge is -2.11. The van der Waals surface area contributed by atoms with Crippen molar-refractivity contribution in [1.29, 1.82) is 0 Å². The van der Waals surface area contributed by atoms with Gasteiger partial charge in [0.05, 0.1) is 5.25 Å². The predicted octanol–water partition coefficient (Wildman–Crippen LogP) is 0.101. The number of benzene rings is 1. The Hall–Kier alpha value is -0.910. The van der Waals surface area contributed by atoms with Gasteiger partial charge in [-0.15, -0.1) is 0 Å². The number of hydrogen-bond acceptors (Lipinski definition) is 4. The first-order valence-corrected chi connectivity index (χ1v) is 7.57. The van der Waals surface area contributed by atoms with Crippen LogP contribution in [-0.2, 0) is 9.84 Å². The van der Waals surface area contributed by atoms with Gasteiger partial charge < -0.3 is 11.5 Å². The smallest absolute Gasteiger partial charge is 0.151 e. The van der Waals surface area contributed by atoms with Crippen LogP contribution in [0.1, 0.15) is 11.5 Å². The van der Waals surface area contributed by atoms with Gasteiger partial charge in [-0.1, -0.05) is 30.3 Å². The fourth-order valence-corrected chi connectivity index (χ4v) is 4.90. The molecule has 0 aliphatic heterocycles. The van der Waals surface area contributed by atoms with E-state index in [0.29, 0.717) is 13.1 Å². The highest BCUT2D eigenvalue weighted by molar-refractivity contribution is 7.91. The highest BCUT2D eigenvalue weighted by Gasteiger charge is 2.68. The summed E-state index contributed by atoms with van der Waals surface area (Å²) in [7, 11) is -3.12. The van der Waals surface area contributed by atoms with E-state index in [1.807, 2.05) is 30.3 Å². The Balaban J connectivity index is 2.42. The van der Waals surface area contributed by atoms with Crippen LogP contribution in [-0.4, -0.2) is 33.0 Å². The third-order valence-corrected chi connectivity index (χ3v) is 5.42. The zero-order valence-electron chi connectivity index (χ0n) is 9.84. The molecule has 1 aromatic rings. The maximum absolute atomic E-state index is 11.8. The molecule has 1 fully saturated rings. The minimum atomic E-state index is -3.12. The molecular weight excluding hydrogens is 236 g/mol. The van der Waals surface area contributed by atoms with E-state index in [2.05, 4.69) is 0 Å². The molecule has 2 unspecified atom stereocenters. The summed E-state index contributed by atoms with van der Waals surface area (Å²) in [6, 6.07) is 9.61. The van der Waals surface area contributed by atoms with Gasteiger partial charge in [-0.3, -0.25) is 0 Å². The molecule has 2 atom stereocenters. The quantitative estimate of drug-likeness (QED) is 0.798. The van der Waals surface area contributed by atoms with E-state index in [4.69, 9.17) is 11.5 Å². The standard InChI is InChI=1S/C12H18N2O2S/c1-17(15,16)11-10(12(11,7-13)8-14)9-5-3-2-4-6-9/h2-6,10-11H,7-8,13-14H2,1H3. The molecule has 0 aromatic heterocycles. The van der Waals surface area contributed by atoms with Crippen LogP contribution in [0, 0.1) is 5.41 Å². The van der Waals surface area contributed by atoms with Crippen LogP contribution in [0.15, 0.2) is 30.3 Å². The summed E-state index contributed by atoms with van der Waals surface area (Å²) in [4.78, 5) is 0. The monoisotopic (exact) mass is 254 g/mol. The fourth-order valence-electron chi connectivity index (χ4n) is 2.86. The predicted molar refractivity (Wildman–Crippen MR) is 68.4 cm³/mol. The molecule has 0 bridgehead atoms. The van der Waals surface area contributed by atoms with Gasteiger partial charge in [0.1, 0.15) is 0 Å². The summed E-state index contributed by atoms with van der Waals surface area (Å²) in [5.74, 6) is -0.0614. The normalized spacial score (nSPS) is 26.8. The molecule has 17 heavy (non-hydrogen) atoms. The van der Waals surface area contributed by atoms with Crippen molar-refractivity contribution in [1.82, 2.24) is 0 Å². The molecule has 5 heteroatoms. The third kappa shape index (κ3) is 1.88. The van der Waals surface area contributed by atoms with Crippen LogP contribution >= 0.6 is 0 Å². The molecule has 0 heterocycles. The summed E-state index contributed by atoms with van der Waals surface area (Å²) in [6.45, 7) is 0.613. The maximum atomic E-state index is 11.8. The molecule has 4 N–H and O–H groups in total. The van der Waals surface area contributed by atoms with Crippen LogP contribution in [0.2, 0.25) is 0 Å². The fraction of sp³-hybridized carbons (Fsp3) is 0.500. The Morgan fingerprint density at radius 1 is 1.18 bits per heavy atom. The second-order valence-corrected chi connectivity index (χ2v) is 6.95. The minimum Gasteiger partial charge on any atom is -0.330 e. The van der Waals surface area contributed by atoms with Gasteiger partial charge in [0.25, 0.3) is 0 Å². The van der Waals surface area contributed by atoms with E-state index in [-0.39, 0.29) is 5.92 Å². The first-order chi connectivity index (χ1) is 7.97. The van der Waals surface area contributed by atoms with E-state index >= 15 is 0 Å². The SMILES string of the molecule is CS(=O)(=O)C1C(c2ccccc2)C1(CN)CN. The lowest BCUT2D eigenvalue weighted by molar-refractivity contribution is 0.511. The minimum absolute atomic E-state index is 0.0614. The van der Waals surface area contributed by atoms with Crippen molar-refractivity contribution in [3.05, 3.63) is 35.9 Å². The van der Waals surface area contributed by atoms with Crippen molar-refractivity contribution in [3.8, 4) is 0 Å². The molecule has 0 radical (unpaired) electrons. The zero-order valence-corrected chi connectivity index (χ0v) is 10.7. The first kappa shape index (κ1) is 12.5. The van der Waals surface area contributed by atoms with Gasteiger partial charge in [-0.25, -0.2) is 8.42 Å². The molecular formula is C12H18N2O2S. The molecule has 0 saturated heterocycles. The number of rotatable bonds is 4. The lowest BCUT2D eigenvalue weighted by Crippen LogP contribution is -2.31. The molecule has 1 saturated carbocycles. The van der Waals surface area contributed by atoms with Gasteiger partial charge in [-0.2, -0.15) is 0 Å². The summed E-state index contributed by atoms with van der Waals surface area (Å²) >= 11 is 0. The third-order valence-electron chi connectivity index (χ3n) is 3.76. The van der Waals surface area contributed by atoms with Crippen LogP contribution < -0.4 is 11.5 Å². The summed E-state index contributed by atoms with van der Waals surface area (Å²) in [5, 5.41) is -0.438. The van der Waals surface area contributed by atoms with Gasteiger partial charge in [0, 0.05) is 30.7 Å². The average molecular weight is 254 g/mol. The van der Waals surface area contributed by atoms with E-state index in [0.717, 1.165) is 5.56 Å². The lowest BCUT2D eigenvalue weighted by atomic mass is 9.99. The number of hydrogen-bond donors (Lipinski definition) is 2. The van der Waals surface area contributed by atoms with Crippen LogP contribution in [0.4, 0.5) is 0 Å². The Bertz CT molecular complexity index is 494. The summed E-state index contributed by atoms with van der Waals surface area (Å²) in [5.41, 5.74) is 12.0. The highest BCUT2D eigenvalue weighted by atomic mass is 32.2. The van der Waals surface area contributed by atoms with E-state index < -0.39 is 20.5 Å². The average Bonchev–Trinajstić information content (AvgIpc) is 3.00. The van der Waals surface area contributed by atoms with Crippen LogP contribution in [0.3, 0.4) is 0 Å². The van der Waals surface area contributed by atoms with Gasteiger partial charge >= 0.3 is 0 Å². The largest absolute Gasteiger partial charge is 0.330 e. The molecule has 0 amide bonds. The second-order valence-electron chi connectivity index (χ2n) is 4.78. The van der Waals surface area contributed by atoms with Crippen molar-refractivity contribution in [3.63, 3.8) is 0 Å². The van der Waals surface area contributed by atoms with Crippen molar-refractivity contribution in [2.24, 2.45) is 16.9 Å². The van der Waals surface area contributed by atoms with Crippen LogP contribution in [0.25, 0.3) is 0 Å². The van der Waals surface area contributed by atoms with Crippen molar-refractivity contribution in [2.45, 2.75) is 11.2 Å². The molecule has 2 rings (SSSR count). The first-order valence-electron chi connectivity index (χ1n) is 5.61. The van der Waals surface area contributed by atoms with Crippen molar-refractivity contribution >= 4 is 9.84 Å². The molecule has 1 aromatic carbocycles. The number of sulfone groups is 1. The highest BCUT2D eigenvalue weighted by Crippen LogP contribution is 2.61. The number of nitrogens with two attached hydrogens (primary N) is 2. The molecule has 4 nitrogen and oxygen atoms in total. The zero-order chi connectivity index (χ0) is 12.7. The van der Waals surface area contributed by atoms with Crippen molar-refractivity contribution in [2.75, 3.05) is 19.3 Å². The second kappa shape index (κ2) is 4.08. The Morgan fingerprint density at radius 3 is 2.06 bits per heavy atom. The summed E-state index contributed by atoms with van der Waals surface area (Å²) < 4.78 is 23.6. The van der Waals surface area contributed by atoms with E-state index in [9.17, 15) is 8.42 Å².